The van der Waals surface area contributed by atoms with Crippen molar-refractivity contribution in [1.82, 2.24) is 9.88 Å². The van der Waals surface area contributed by atoms with Crippen LogP contribution in [0.5, 0.6) is 5.75 Å². The number of thiazole rings is 1. The molecule has 1 unspecified atom stereocenters. The fraction of sp³-hybridized carbons (Fsp3) is 0.438. The number of amides is 2. The SMILES string of the molecule is CCOc1cccc2sc(NC(=O)C3CSC(C)(C)N3C=O)nc12. The molecule has 1 aliphatic heterocycles. The van der Waals surface area contributed by atoms with Crippen molar-refractivity contribution in [2.75, 3.05) is 17.7 Å². The minimum absolute atomic E-state index is 0.211. The maximum Gasteiger partial charge on any atom is 0.249 e. The molecular formula is C16H19N3O3S2. The number of hydrogen-bond donors (Lipinski definition) is 1. The summed E-state index contributed by atoms with van der Waals surface area (Å²) in [6.45, 7) is 6.35. The Kier molecular flexibility index (Phi) is 4.69. The van der Waals surface area contributed by atoms with Crippen LogP contribution in [0, 0.1) is 0 Å². The van der Waals surface area contributed by atoms with E-state index in [9.17, 15) is 9.59 Å². The molecule has 1 atom stereocenters. The van der Waals surface area contributed by atoms with Crippen LogP contribution in [0.25, 0.3) is 10.2 Å². The summed E-state index contributed by atoms with van der Waals surface area (Å²) in [4.78, 5) is 29.6. The molecule has 8 heteroatoms. The quantitative estimate of drug-likeness (QED) is 0.825. The summed E-state index contributed by atoms with van der Waals surface area (Å²) in [6.07, 6.45) is 0.746. The zero-order valence-electron chi connectivity index (χ0n) is 13.7. The zero-order valence-corrected chi connectivity index (χ0v) is 15.4. The van der Waals surface area contributed by atoms with Gasteiger partial charge in [0.25, 0.3) is 0 Å². The third kappa shape index (κ3) is 3.08. The van der Waals surface area contributed by atoms with Crippen LogP contribution >= 0.6 is 23.1 Å². The molecule has 1 aromatic carbocycles. The number of benzene rings is 1. The minimum atomic E-state index is -0.485. The second-order valence-corrected chi connectivity index (χ2v) is 8.48. The van der Waals surface area contributed by atoms with E-state index in [2.05, 4.69) is 10.3 Å². The highest BCUT2D eigenvalue weighted by Crippen LogP contribution is 2.38. The molecule has 24 heavy (non-hydrogen) atoms. The second-order valence-electron chi connectivity index (χ2n) is 5.83. The van der Waals surface area contributed by atoms with E-state index in [4.69, 9.17) is 4.74 Å². The van der Waals surface area contributed by atoms with Crippen LogP contribution in [-0.2, 0) is 9.59 Å². The topological polar surface area (TPSA) is 71.5 Å². The van der Waals surface area contributed by atoms with Crippen molar-refractivity contribution in [2.24, 2.45) is 0 Å². The summed E-state index contributed by atoms with van der Waals surface area (Å²) in [5, 5.41) is 3.36. The van der Waals surface area contributed by atoms with E-state index in [-0.39, 0.29) is 10.8 Å². The van der Waals surface area contributed by atoms with E-state index >= 15 is 0 Å². The molecule has 1 saturated heterocycles. The summed E-state index contributed by atoms with van der Waals surface area (Å²) in [5.41, 5.74) is 0.744. The molecule has 0 spiro atoms. The van der Waals surface area contributed by atoms with E-state index < -0.39 is 6.04 Å². The van der Waals surface area contributed by atoms with Gasteiger partial charge in [0.1, 0.15) is 17.3 Å². The fourth-order valence-corrected chi connectivity index (χ4v) is 4.74. The largest absolute Gasteiger partial charge is 0.492 e. The number of hydrogen-bond acceptors (Lipinski definition) is 6. The molecule has 2 amide bonds. The van der Waals surface area contributed by atoms with Gasteiger partial charge in [-0.1, -0.05) is 17.4 Å². The normalized spacial score (nSPS) is 19.5. The number of ether oxygens (including phenoxy) is 1. The Morgan fingerprint density at radius 1 is 1.54 bits per heavy atom. The van der Waals surface area contributed by atoms with Crippen LogP contribution in [0.2, 0.25) is 0 Å². The number of rotatable bonds is 5. The Bertz CT molecular complexity index is 775. The number of para-hydroxylation sites is 1. The maximum atomic E-state index is 12.6. The highest BCUT2D eigenvalue weighted by molar-refractivity contribution is 8.00. The Balaban J connectivity index is 1.81. The molecule has 3 rings (SSSR count). The van der Waals surface area contributed by atoms with Crippen molar-refractivity contribution in [3.05, 3.63) is 18.2 Å². The smallest absolute Gasteiger partial charge is 0.249 e. The van der Waals surface area contributed by atoms with Crippen LogP contribution in [0.4, 0.5) is 5.13 Å². The third-order valence-electron chi connectivity index (χ3n) is 3.88. The van der Waals surface area contributed by atoms with Gasteiger partial charge in [-0.15, -0.1) is 11.8 Å². The average Bonchev–Trinajstić information content (AvgIpc) is 3.07. The summed E-state index contributed by atoms with van der Waals surface area (Å²) in [5.74, 6) is 1.07. The monoisotopic (exact) mass is 365 g/mol. The molecule has 1 N–H and O–H groups in total. The molecule has 0 aliphatic carbocycles. The molecule has 2 aromatic rings. The van der Waals surface area contributed by atoms with E-state index in [1.165, 1.54) is 11.3 Å². The Morgan fingerprint density at radius 3 is 3.04 bits per heavy atom. The lowest BCUT2D eigenvalue weighted by atomic mass is 10.2. The van der Waals surface area contributed by atoms with E-state index in [1.54, 1.807) is 16.7 Å². The number of thioether (sulfide) groups is 1. The molecular weight excluding hydrogens is 346 g/mol. The van der Waals surface area contributed by atoms with Crippen LogP contribution in [-0.4, -0.2) is 45.5 Å². The van der Waals surface area contributed by atoms with E-state index in [0.717, 1.165) is 16.6 Å². The van der Waals surface area contributed by atoms with Gasteiger partial charge in [-0.25, -0.2) is 4.98 Å². The van der Waals surface area contributed by atoms with Gasteiger partial charge in [-0.2, -0.15) is 0 Å². The molecule has 6 nitrogen and oxygen atoms in total. The lowest BCUT2D eigenvalue weighted by Gasteiger charge is -2.29. The van der Waals surface area contributed by atoms with Crippen molar-refractivity contribution < 1.29 is 14.3 Å². The Labute approximate surface area is 148 Å². The molecule has 1 fully saturated rings. The van der Waals surface area contributed by atoms with Gasteiger partial charge in [0.2, 0.25) is 12.3 Å². The van der Waals surface area contributed by atoms with Crippen LogP contribution < -0.4 is 10.1 Å². The first-order chi connectivity index (χ1) is 11.5. The lowest BCUT2D eigenvalue weighted by molar-refractivity contribution is -0.130. The Hall–Kier alpha value is -1.80. The standard InChI is InChI=1S/C16H19N3O3S2/c1-4-22-11-6-5-7-12-13(11)17-15(24-12)18-14(21)10-8-23-16(2,3)19(10)9-20/h5-7,9-10H,4,8H2,1-3H3,(H,17,18,21). The molecule has 2 heterocycles. The number of fused-ring (bicyclic) bond motifs is 1. The predicted molar refractivity (Wildman–Crippen MR) is 97.6 cm³/mol. The molecule has 128 valence electrons. The molecule has 0 radical (unpaired) electrons. The third-order valence-corrected chi connectivity index (χ3v) is 6.22. The molecule has 1 aromatic heterocycles. The number of carbonyl (C=O) groups excluding carboxylic acids is 2. The highest BCUT2D eigenvalue weighted by Gasteiger charge is 2.43. The number of aromatic nitrogens is 1. The summed E-state index contributed by atoms with van der Waals surface area (Å²) in [7, 11) is 0. The van der Waals surface area contributed by atoms with Gasteiger partial charge in [0, 0.05) is 5.75 Å². The molecule has 0 saturated carbocycles. The van der Waals surface area contributed by atoms with E-state index in [0.29, 0.717) is 23.2 Å². The number of anilines is 1. The first-order valence-corrected chi connectivity index (χ1v) is 9.47. The first-order valence-electron chi connectivity index (χ1n) is 7.67. The van der Waals surface area contributed by atoms with Crippen molar-refractivity contribution in [2.45, 2.75) is 31.7 Å². The molecule has 1 aliphatic rings. The van der Waals surface area contributed by atoms with Crippen molar-refractivity contribution in [3.8, 4) is 5.75 Å². The van der Waals surface area contributed by atoms with E-state index in [1.807, 2.05) is 39.0 Å². The summed E-state index contributed by atoms with van der Waals surface area (Å²) >= 11 is 2.99. The van der Waals surface area contributed by atoms with Gasteiger partial charge >= 0.3 is 0 Å². The van der Waals surface area contributed by atoms with Crippen LogP contribution in [0.1, 0.15) is 20.8 Å². The number of nitrogens with one attached hydrogen (secondary N) is 1. The van der Waals surface area contributed by atoms with Crippen LogP contribution in [0.3, 0.4) is 0 Å². The van der Waals surface area contributed by atoms with Gasteiger partial charge in [0.05, 0.1) is 16.2 Å². The second kappa shape index (κ2) is 6.60. The van der Waals surface area contributed by atoms with Crippen molar-refractivity contribution in [3.63, 3.8) is 0 Å². The zero-order chi connectivity index (χ0) is 17.3. The average molecular weight is 365 g/mol. The van der Waals surface area contributed by atoms with Gasteiger partial charge in [0.15, 0.2) is 5.13 Å². The van der Waals surface area contributed by atoms with Gasteiger partial charge < -0.3 is 15.0 Å². The molecule has 0 bridgehead atoms. The lowest BCUT2D eigenvalue weighted by Crippen LogP contribution is -2.47. The van der Waals surface area contributed by atoms with Crippen molar-refractivity contribution in [1.29, 1.82) is 0 Å². The number of carbonyl (C=O) groups is 2. The predicted octanol–water partition coefficient (Wildman–Crippen LogP) is 2.94. The van der Waals surface area contributed by atoms with Gasteiger partial charge in [-0.05, 0) is 32.9 Å². The maximum absolute atomic E-state index is 12.6. The summed E-state index contributed by atoms with van der Waals surface area (Å²) < 4.78 is 6.52. The Morgan fingerprint density at radius 2 is 2.33 bits per heavy atom. The fourth-order valence-electron chi connectivity index (χ4n) is 2.65. The minimum Gasteiger partial charge on any atom is -0.492 e. The summed E-state index contributed by atoms with van der Waals surface area (Å²) in [6, 6.07) is 5.22. The number of nitrogens with zero attached hydrogens (tertiary/aromatic N) is 2. The highest BCUT2D eigenvalue weighted by atomic mass is 32.2. The van der Waals surface area contributed by atoms with Crippen LogP contribution in [0.15, 0.2) is 18.2 Å². The first kappa shape index (κ1) is 17.0. The van der Waals surface area contributed by atoms with Gasteiger partial charge in [-0.3, -0.25) is 9.59 Å². The van der Waals surface area contributed by atoms with Crippen molar-refractivity contribution >= 4 is 50.8 Å².